The lowest BCUT2D eigenvalue weighted by molar-refractivity contribution is 0.0523. The Hall–Kier alpha value is -2.67. The predicted molar refractivity (Wildman–Crippen MR) is 96.4 cm³/mol. The normalized spacial score (nSPS) is 11.6. The minimum atomic E-state index is -0.585. The molecule has 7 nitrogen and oxygen atoms in total. The summed E-state index contributed by atoms with van der Waals surface area (Å²) in [5.41, 5.74) is 1.60. The van der Waals surface area contributed by atoms with Crippen LogP contribution in [0.25, 0.3) is 10.9 Å². The predicted octanol–water partition coefficient (Wildman–Crippen LogP) is 4.31. The first-order valence-electron chi connectivity index (χ1n) is 7.71. The average molecular weight is 360 g/mol. The second-order valence-corrected chi connectivity index (χ2v) is 6.98. The Morgan fingerprint density at radius 1 is 1.24 bits per heavy atom. The van der Waals surface area contributed by atoms with Crippen LogP contribution in [0.5, 0.6) is 0 Å². The van der Waals surface area contributed by atoms with Gasteiger partial charge in [0.25, 0.3) is 0 Å². The van der Waals surface area contributed by atoms with Crippen molar-refractivity contribution in [2.24, 2.45) is 0 Å². The number of anilines is 2. The highest BCUT2D eigenvalue weighted by Crippen LogP contribution is 2.22. The molecule has 8 heteroatoms. The molecule has 0 aliphatic heterocycles. The third-order valence-electron chi connectivity index (χ3n) is 3.21. The highest BCUT2D eigenvalue weighted by atomic mass is 35.5. The Balaban J connectivity index is 1.88. The van der Waals surface area contributed by atoms with Gasteiger partial charge in [0.05, 0.1) is 11.7 Å². The molecular formula is C17H18ClN5O2. The van der Waals surface area contributed by atoms with E-state index in [9.17, 15) is 4.79 Å². The van der Waals surface area contributed by atoms with Gasteiger partial charge in [0.15, 0.2) is 0 Å². The van der Waals surface area contributed by atoms with Crippen LogP contribution in [0.15, 0.2) is 30.5 Å². The summed E-state index contributed by atoms with van der Waals surface area (Å²) in [6.45, 7) is 7.27. The second-order valence-electron chi connectivity index (χ2n) is 6.59. The first kappa shape index (κ1) is 17.2. The number of hydrogen-bond acceptors (Lipinski definition) is 6. The Morgan fingerprint density at radius 2 is 2.00 bits per heavy atom. The summed E-state index contributed by atoms with van der Waals surface area (Å²) in [5, 5.41) is 8.37. The van der Waals surface area contributed by atoms with Crippen LogP contribution in [-0.4, -0.2) is 31.4 Å². The molecule has 0 atom stereocenters. The molecule has 25 heavy (non-hydrogen) atoms. The fourth-order valence-electron chi connectivity index (χ4n) is 2.28. The maximum Gasteiger partial charge on any atom is 0.435 e. The number of halogens is 1. The standard InChI is InChI=1S/C17H18ClN5O2/c1-10-7-14(18)22-15(20-10)21-12-5-6-13-11(8-12)9-19-23(13)16(24)25-17(2,3)4/h5-9H,1-4H3,(H,20,21,22). The molecule has 130 valence electrons. The molecule has 1 N–H and O–H groups in total. The second kappa shape index (κ2) is 6.33. The maximum absolute atomic E-state index is 12.2. The van der Waals surface area contributed by atoms with E-state index in [1.807, 2.05) is 39.8 Å². The largest absolute Gasteiger partial charge is 0.442 e. The zero-order valence-electron chi connectivity index (χ0n) is 14.4. The Morgan fingerprint density at radius 3 is 2.68 bits per heavy atom. The number of nitrogens with zero attached hydrogens (tertiary/aromatic N) is 4. The molecule has 0 radical (unpaired) electrons. The van der Waals surface area contributed by atoms with Crippen LogP contribution in [0, 0.1) is 6.92 Å². The topological polar surface area (TPSA) is 81.9 Å². The van der Waals surface area contributed by atoms with Gasteiger partial charge in [-0.2, -0.15) is 9.78 Å². The van der Waals surface area contributed by atoms with Crippen molar-refractivity contribution in [1.82, 2.24) is 19.7 Å². The first-order valence-corrected chi connectivity index (χ1v) is 8.08. The minimum absolute atomic E-state index is 0.369. The lowest BCUT2D eigenvalue weighted by atomic mass is 10.2. The van der Waals surface area contributed by atoms with E-state index in [1.54, 1.807) is 18.3 Å². The number of fused-ring (bicyclic) bond motifs is 1. The highest BCUT2D eigenvalue weighted by molar-refractivity contribution is 6.29. The first-order chi connectivity index (χ1) is 11.7. The van der Waals surface area contributed by atoms with Gasteiger partial charge < -0.3 is 10.1 Å². The third kappa shape index (κ3) is 4.06. The lowest BCUT2D eigenvalue weighted by Crippen LogP contribution is -2.27. The molecule has 1 aromatic carbocycles. The van der Waals surface area contributed by atoms with Gasteiger partial charge in [-0.25, -0.2) is 14.8 Å². The molecule has 0 spiro atoms. The number of carbonyl (C=O) groups excluding carboxylic acids is 1. The molecule has 2 aromatic heterocycles. The number of carbonyl (C=O) groups is 1. The minimum Gasteiger partial charge on any atom is -0.442 e. The van der Waals surface area contributed by atoms with Crippen molar-refractivity contribution in [3.8, 4) is 0 Å². The molecule has 0 fully saturated rings. The van der Waals surface area contributed by atoms with E-state index in [-0.39, 0.29) is 0 Å². The quantitative estimate of drug-likeness (QED) is 0.686. The van der Waals surface area contributed by atoms with Crippen LogP contribution >= 0.6 is 11.6 Å². The van der Waals surface area contributed by atoms with Crippen molar-refractivity contribution in [2.45, 2.75) is 33.3 Å². The van der Waals surface area contributed by atoms with Gasteiger partial charge in [-0.15, -0.1) is 0 Å². The van der Waals surface area contributed by atoms with Crippen LogP contribution in [0.4, 0.5) is 16.4 Å². The maximum atomic E-state index is 12.2. The third-order valence-corrected chi connectivity index (χ3v) is 3.41. The van der Waals surface area contributed by atoms with Crippen LogP contribution in [-0.2, 0) is 4.74 Å². The Kier molecular flexibility index (Phi) is 4.34. The summed E-state index contributed by atoms with van der Waals surface area (Å²) in [7, 11) is 0. The number of benzene rings is 1. The summed E-state index contributed by atoms with van der Waals surface area (Å²) in [5.74, 6) is 0.406. The fraction of sp³-hybridized carbons (Fsp3) is 0.294. The molecule has 0 saturated heterocycles. The molecule has 3 rings (SSSR count). The van der Waals surface area contributed by atoms with Crippen molar-refractivity contribution < 1.29 is 9.53 Å². The summed E-state index contributed by atoms with van der Waals surface area (Å²) >= 11 is 5.95. The molecule has 3 aromatic rings. The van der Waals surface area contributed by atoms with Gasteiger partial charge in [0, 0.05) is 16.8 Å². The van der Waals surface area contributed by atoms with Crippen LogP contribution in [0.2, 0.25) is 5.15 Å². The van der Waals surface area contributed by atoms with Gasteiger partial charge in [-0.3, -0.25) is 0 Å². The molecule has 0 unspecified atom stereocenters. The van der Waals surface area contributed by atoms with E-state index in [1.165, 1.54) is 4.68 Å². The fourth-order valence-corrected chi connectivity index (χ4v) is 2.51. The van der Waals surface area contributed by atoms with Gasteiger partial charge in [-0.1, -0.05) is 11.6 Å². The summed E-state index contributed by atoms with van der Waals surface area (Å²) in [4.78, 5) is 20.6. The van der Waals surface area contributed by atoms with E-state index in [0.717, 1.165) is 16.8 Å². The number of nitrogens with one attached hydrogen (secondary N) is 1. The van der Waals surface area contributed by atoms with Crippen LogP contribution in [0.3, 0.4) is 0 Å². The molecule has 0 amide bonds. The van der Waals surface area contributed by atoms with Crippen molar-refractivity contribution in [1.29, 1.82) is 0 Å². The van der Waals surface area contributed by atoms with E-state index >= 15 is 0 Å². The van der Waals surface area contributed by atoms with Crippen molar-refractivity contribution >= 4 is 40.2 Å². The monoisotopic (exact) mass is 359 g/mol. The number of aromatic nitrogens is 4. The van der Waals surface area contributed by atoms with Gasteiger partial charge in [0.2, 0.25) is 5.95 Å². The highest BCUT2D eigenvalue weighted by Gasteiger charge is 2.20. The zero-order valence-corrected chi connectivity index (χ0v) is 15.1. The number of aryl methyl sites for hydroxylation is 1. The number of rotatable bonds is 2. The zero-order chi connectivity index (χ0) is 18.2. The van der Waals surface area contributed by atoms with Crippen molar-refractivity contribution in [3.63, 3.8) is 0 Å². The van der Waals surface area contributed by atoms with Crippen LogP contribution in [0.1, 0.15) is 26.5 Å². The molecular weight excluding hydrogens is 342 g/mol. The van der Waals surface area contributed by atoms with Gasteiger partial charge in [0.1, 0.15) is 10.8 Å². The molecule has 0 aliphatic carbocycles. The van der Waals surface area contributed by atoms with Crippen molar-refractivity contribution in [3.05, 3.63) is 41.3 Å². The molecule has 0 saturated carbocycles. The summed E-state index contributed by atoms with van der Waals surface area (Å²) in [6.07, 6.45) is 1.09. The lowest BCUT2D eigenvalue weighted by Gasteiger charge is -2.19. The number of hydrogen-bond donors (Lipinski definition) is 1. The van der Waals surface area contributed by atoms with E-state index < -0.39 is 11.7 Å². The van der Waals surface area contributed by atoms with Crippen molar-refractivity contribution in [2.75, 3.05) is 5.32 Å². The molecule has 0 aliphatic rings. The van der Waals surface area contributed by atoms with Gasteiger partial charge >= 0.3 is 6.09 Å². The number of ether oxygens (including phenoxy) is 1. The summed E-state index contributed by atoms with van der Waals surface area (Å²) < 4.78 is 6.59. The Bertz CT molecular complexity index is 926. The average Bonchev–Trinajstić information content (AvgIpc) is 2.87. The molecule has 0 bridgehead atoms. The van der Waals surface area contributed by atoms with E-state index in [4.69, 9.17) is 16.3 Å². The summed E-state index contributed by atoms with van der Waals surface area (Å²) in [6, 6.07) is 7.13. The smallest absolute Gasteiger partial charge is 0.435 e. The van der Waals surface area contributed by atoms with E-state index in [0.29, 0.717) is 16.6 Å². The molecule has 2 heterocycles. The van der Waals surface area contributed by atoms with Gasteiger partial charge in [-0.05, 0) is 52.0 Å². The van der Waals surface area contributed by atoms with Crippen LogP contribution < -0.4 is 5.32 Å². The SMILES string of the molecule is Cc1cc(Cl)nc(Nc2ccc3c(cnn3C(=O)OC(C)(C)C)c2)n1. The Labute approximate surface area is 150 Å². The van der Waals surface area contributed by atoms with E-state index in [2.05, 4.69) is 20.4 Å².